The molecule has 1 rings (SSSR count). The molecule has 124 valence electrons. The first-order chi connectivity index (χ1) is 10.4. The maximum Gasteiger partial charge on any atom is 0.456 e. The molecule has 0 aromatic heterocycles. The Labute approximate surface area is 127 Å². The fourth-order valence-corrected chi connectivity index (χ4v) is 1.69. The van der Waals surface area contributed by atoms with E-state index in [9.17, 15) is 32.1 Å². The van der Waals surface area contributed by atoms with Crippen LogP contribution >= 0.6 is 0 Å². The lowest BCUT2D eigenvalue weighted by Gasteiger charge is -2.33. The number of nitriles is 1. The zero-order valence-corrected chi connectivity index (χ0v) is 11.6. The van der Waals surface area contributed by atoms with Crippen LogP contribution in [-0.4, -0.2) is 22.6 Å². The maximum atomic E-state index is 13.5. The minimum atomic E-state index is -6.01. The SMILES string of the molecule is C/C(=C\c1ccc([N+](=O)[O-])cc1)C(N)(C#N)C(F)(F)C(F)(F)F. The highest BCUT2D eigenvalue weighted by Crippen LogP contribution is 2.45. The van der Waals surface area contributed by atoms with Crippen LogP contribution in [0, 0.1) is 21.4 Å². The number of nitrogens with zero attached hydrogens (tertiary/aromatic N) is 2. The smallest absolute Gasteiger partial charge is 0.304 e. The highest BCUT2D eigenvalue weighted by molar-refractivity contribution is 5.59. The van der Waals surface area contributed by atoms with Gasteiger partial charge in [0.15, 0.2) is 5.54 Å². The van der Waals surface area contributed by atoms with Gasteiger partial charge in [-0.15, -0.1) is 0 Å². The normalized spacial score (nSPS) is 15.7. The minimum absolute atomic E-state index is 0.0798. The average Bonchev–Trinajstić information content (AvgIpc) is 2.45. The monoisotopic (exact) mass is 335 g/mol. The number of halogens is 5. The summed E-state index contributed by atoms with van der Waals surface area (Å²) in [5.41, 5.74) is 0.467. The largest absolute Gasteiger partial charge is 0.456 e. The van der Waals surface area contributed by atoms with E-state index in [1.54, 1.807) is 0 Å². The van der Waals surface area contributed by atoms with Gasteiger partial charge in [-0.25, -0.2) is 0 Å². The molecule has 10 heteroatoms. The van der Waals surface area contributed by atoms with Gasteiger partial charge in [0, 0.05) is 12.1 Å². The van der Waals surface area contributed by atoms with E-state index in [1.165, 1.54) is 0 Å². The van der Waals surface area contributed by atoms with Gasteiger partial charge in [0.1, 0.15) is 0 Å². The third-order valence-electron chi connectivity index (χ3n) is 3.14. The standard InChI is InChI=1S/C13H10F5N3O2/c1-8(6-9-2-4-10(5-3-9)21(22)23)11(20,7-19)12(14,15)13(16,17)18/h2-6H,20H2,1H3/b8-6+. The van der Waals surface area contributed by atoms with Crippen LogP contribution in [0.25, 0.3) is 6.08 Å². The Hall–Kier alpha value is -2.54. The second-order valence-corrected chi connectivity index (χ2v) is 4.67. The Balaban J connectivity index is 3.31. The average molecular weight is 335 g/mol. The van der Waals surface area contributed by atoms with Crippen LogP contribution in [0.15, 0.2) is 29.8 Å². The Morgan fingerprint density at radius 1 is 1.26 bits per heavy atom. The van der Waals surface area contributed by atoms with Crippen molar-refractivity contribution in [2.24, 2.45) is 5.73 Å². The number of nitro benzene ring substituents is 1. The Kier molecular flexibility index (Phi) is 4.77. The molecule has 0 aliphatic carbocycles. The summed E-state index contributed by atoms with van der Waals surface area (Å²) in [7, 11) is 0. The second kappa shape index (κ2) is 5.92. The third-order valence-corrected chi connectivity index (χ3v) is 3.14. The lowest BCUT2D eigenvalue weighted by atomic mass is 9.85. The Morgan fingerprint density at radius 3 is 2.09 bits per heavy atom. The van der Waals surface area contributed by atoms with Gasteiger partial charge in [0.2, 0.25) is 0 Å². The zero-order chi connectivity index (χ0) is 18.1. The highest BCUT2D eigenvalue weighted by Gasteiger charge is 2.70. The van der Waals surface area contributed by atoms with E-state index in [4.69, 9.17) is 11.0 Å². The van der Waals surface area contributed by atoms with Crippen molar-refractivity contribution in [1.29, 1.82) is 5.26 Å². The number of rotatable bonds is 4. The van der Waals surface area contributed by atoms with Gasteiger partial charge < -0.3 is 5.73 Å². The number of alkyl halides is 5. The molecule has 0 amide bonds. The number of hydrogen-bond acceptors (Lipinski definition) is 4. The molecule has 0 spiro atoms. The molecule has 5 nitrogen and oxygen atoms in total. The second-order valence-electron chi connectivity index (χ2n) is 4.67. The van der Waals surface area contributed by atoms with Crippen LogP contribution < -0.4 is 5.73 Å². The van der Waals surface area contributed by atoms with Crippen LogP contribution in [0.3, 0.4) is 0 Å². The summed E-state index contributed by atoms with van der Waals surface area (Å²) < 4.78 is 64.4. The van der Waals surface area contributed by atoms with Crippen LogP contribution in [0.1, 0.15) is 12.5 Å². The van der Waals surface area contributed by atoms with Crippen LogP contribution in [0.2, 0.25) is 0 Å². The summed E-state index contributed by atoms with van der Waals surface area (Å²) in [5.74, 6) is -5.48. The summed E-state index contributed by atoms with van der Waals surface area (Å²) >= 11 is 0. The van der Waals surface area contributed by atoms with Gasteiger partial charge in [0.25, 0.3) is 5.69 Å². The minimum Gasteiger partial charge on any atom is -0.304 e. The molecule has 0 bridgehead atoms. The quantitative estimate of drug-likeness (QED) is 0.518. The molecule has 0 heterocycles. The predicted octanol–water partition coefficient (Wildman–Crippen LogP) is 3.42. The molecular weight excluding hydrogens is 325 g/mol. The van der Waals surface area contributed by atoms with E-state index >= 15 is 0 Å². The fraction of sp³-hybridized carbons (Fsp3) is 0.308. The molecule has 23 heavy (non-hydrogen) atoms. The molecule has 0 saturated heterocycles. The van der Waals surface area contributed by atoms with E-state index in [2.05, 4.69) is 0 Å². The summed E-state index contributed by atoms with van der Waals surface area (Å²) in [6.45, 7) is 0.851. The molecule has 1 aromatic rings. The van der Waals surface area contributed by atoms with Crippen molar-refractivity contribution >= 4 is 11.8 Å². The van der Waals surface area contributed by atoms with E-state index in [0.29, 0.717) is 0 Å². The van der Waals surface area contributed by atoms with Crippen molar-refractivity contribution in [3.8, 4) is 6.07 Å². The summed E-state index contributed by atoms with van der Waals surface area (Å²) in [6.07, 6.45) is -5.17. The lowest BCUT2D eigenvalue weighted by molar-refractivity contribution is -0.384. The number of hydrogen-bond donors (Lipinski definition) is 1. The molecule has 0 aliphatic rings. The number of nitrogens with two attached hydrogens (primary N) is 1. The summed E-state index contributed by atoms with van der Waals surface area (Å²) in [5, 5.41) is 19.2. The first-order valence-corrected chi connectivity index (χ1v) is 5.94. The van der Waals surface area contributed by atoms with Crippen molar-refractivity contribution in [2.45, 2.75) is 24.6 Å². The maximum absolute atomic E-state index is 13.5. The summed E-state index contributed by atoms with van der Waals surface area (Å²) in [6, 6.07) is 5.13. The van der Waals surface area contributed by atoms with Gasteiger partial charge in [0.05, 0.1) is 11.0 Å². The van der Waals surface area contributed by atoms with Crippen LogP contribution in [0.5, 0.6) is 0 Å². The van der Waals surface area contributed by atoms with Crippen molar-refractivity contribution in [3.05, 3.63) is 45.5 Å². The number of benzene rings is 1. The Morgan fingerprint density at radius 2 is 1.74 bits per heavy atom. The Bertz CT molecular complexity index is 676. The molecule has 0 radical (unpaired) electrons. The van der Waals surface area contributed by atoms with Crippen molar-refractivity contribution in [3.63, 3.8) is 0 Å². The van der Waals surface area contributed by atoms with E-state index < -0.39 is 28.1 Å². The molecule has 1 atom stereocenters. The van der Waals surface area contributed by atoms with Gasteiger partial charge in [-0.05, 0) is 30.2 Å². The van der Waals surface area contributed by atoms with Gasteiger partial charge in [-0.3, -0.25) is 10.1 Å². The third kappa shape index (κ3) is 3.29. The molecule has 1 aromatic carbocycles. The highest BCUT2D eigenvalue weighted by atomic mass is 19.4. The fourth-order valence-electron chi connectivity index (χ4n) is 1.69. The summed E-state index contributed by atoms with van der Waals surface area (Å²) in [4.78, 5) is 9.78. The molecule has 0 saturated carbocycles. The first-order valence-electron chi connectivity index (χ1n) is 5.94. The molecule has 2 N–H and O–H groups in total. The number of non-ortho nitro benzene ring substituents is 1. The molecule has 1 unspecified atom stereocenters. The van der Waals surface area contributed by atoms with E-state index in [-0.39, 0.29) is 11.3 Å². The van der Waals surface area contributed by atoms with Gasteiger partial charge in [-0.1, -0.05) is 6.08 Å². The van der Waals surface area contributed by atoms with Crippen LogP contribution in [-0.2, 0) is 0 Å². The van der Waals surface area contributed by atoms with Gasteiger partial charge >= 0.3 is 12.1 Å². The van der Waals surface area contributed by atoms with Crippen molar-refractivity contribution < 1.29 is 26.9 Å². The molecule has 0 aliphatic heterocycles. The van der Waals surface area contributed by atoms with Crippen LogP contribution in [0.4, 0.5) is 27.6 Å². The molecular formula is C13H10F5N3O2. The first kappa shape index (κ1) is 18.5. The zero-order valence-electron chi connectivity index (χ0n) is 11.6. The van der Waals surface area contributed by atoms with Crippen molar-refractivity contribution in [2.75, 3.05) is 0 Å². The lowest BCUT2D eigenvalue weighted by Crippen LogP contribution is -2.62. The number of nitro groups is 1. The van der Waals surface area contributed by atoms with E-state index in [0.717, 1.165) is 43.3 Å². The predicted molar refractivity (Wildman–Crippen MR) is 70.3 cm³/mol. The van der Waals surface area contributed by atoms with E-state index in [1.807, 2.05) is 0 Å². The van der Waals surface area contributed by atoms with Gasteiger partial charge in [-0.2, -0.15) is 27.2 Å². The van der Waals surface area contributed by atoms with Crippen molar-refractivity contribution in [1.82, 2.24) is 0 Å². The topological polar surface area (TPSA) is 92.9 Å². The molecule has 0 fully saturated rings.